The molecule has 1 heterocycles. The summed E-state index contributed by atoms with van der Waals surface area (Å²) in [7, 11) is 0. The molecule has 0 unspecified atom stereocenters. The van der Waals surface area contributed by atoms with Gasteiger partial charge in [-0.05, 0) is 44.7 Å². The lowest BCUT2D eigenvalue weighted by Gasteiger charge is -2.16. The molecule has 2 fully saturated rings. The van der Waals surface area contributed by atoms with Gasteiger partial charge in [-0.1, -0.05) is 48.3 Å². The summed E-state index contributed by atoms with van der Waals surface area (Å²) in [5.41, 5.74) is 0. The Morgan fingerprint density at radius 1 is 1.29 bits per heavy atom. The van der Waals surface area contributed by atoms with Crippen LogP contribution in [-0.2, 0) is 11.4 Å². The molecular formula is C20H25ClN4O2S. The number of aromatic nitrogens is 3. The zero-order valence-electron chi connectivity index (χ0n) is 15.9. The monoisotopic (exact) mass is 420 g/mol. The quantitative estimate of drug-likeness (QED) is 0.641. The highest BCUT2D eigenvalue weighted by atomic mass is 35.5. The number of carbonyl (C=O) groups excluding carboxylic acids is 1. The summed E-state index contributed by atoms with van der Waals surface area (Å²) in [6, 6.07) is 8.12. The minimum absolute atomic E-state index is 0.0797. The number of benzene rings is 1. The van der Waals surface area contributed by atoms with Gasteiger partial charge in [-0.25, -0.2) is 0 Å². The maximum atomic E-state index is 12.5. The molecular weight excluding hydrogens is 396 g/mol. The summed E-state index contributed by atoms with van der Waals surface area (Å²) in [4.78, 5) is 12.5. The van der Waals surface area contributed by atoms with Crippen LogP contribution in [0.25, 0.3) is 0 Å². The second kappa shape index (κ2) is 8.74. The Hall–Kier alpha value is -1.73. The first kappa shape index (κ1) is 19.6. The molecule has 6 nitrogen and oxygen atoms in total. The molecule has 2 saturated carbocycles. The summed E-state index contributed by atoms with van der Waals surface area (Å²) in [5, 5.41) is 13.0. The van der Waals surface area contributed by atoms with Gasteiger partial charge < -0.3 is 10.1 Å². The van der Waals surface area contributed by atoms with Crippen LogP contribution in [-0.4, -0.2) is 32.0 Å². The first-order valence-corrected chi connectivity index (χ1v) is 11.2. The lowest BCUT2D eigenvalue weighted by Crippen LogP contribution is -2.37. The van der Waals surface area contributed by atoms with Gasteiger partial charge in [0, 0.05) is 12.1 Å². The minimum atomic E-state index is -0.209. The summed E-state index contributed by atoms with van der Waals surface area (Å²) >= 11 is 7.64. The first-order chi connectivity index (χ1) is 13.6. The Bertz CT molecular complexity index is 833. The third kappa shape index (κ3) is 4.63. The zero-order chi connectivity index (χ0) is 19.5. The van der Waals surface area contributed by atoms with Crippen molar-refractivity contribution < 1.29 is 9.53 Å². The largest absolute Gasteiger partial charge is 0.484 e. The van der Waals surface area contributed by atoms with Gasteiger partial charge in [0.15, 0.2) is 11.0 Å². The van der Waals surface area contributed by atoms with Crippen LogP contribution in [0.1, 0.15) is 57.3 Å². The van der Waals surface area contributed by atoms with Gasteiger partial charge in [0.1, 0.15) is 12.4 Å². The highest BCUT2D eigenvalue weighted by Gasteiger charge is 2.31. The van der Waals surface area contributed by atoms with Crippen molar-refractivity contribution in [2.45, 2.75) is 74.5 Å². The van der Waals surface area contributed by atoms with E-state index in [0.29, 0.717) is 29.5 Å². The van der Waals surface area contributed by atoms with E-state index in [-0.39, 0.29) is 11.2 Å². The number of halogens is 1. The number of ether oxygens (including phenoxy) is 1. The summed E-state index contributed by atoms with van der Waals surface area (Å²) in [5.74, 6) is 1.48. The van der Waals surface area contributed by atoms with Crippen LogP contribution in [0.15, 0.2) is 29.4 Å². The highest BCUT2D eigenvalue weighted by molar-refractivity contribution is 8.00. The second-order valence-corrected chi connectivity index (χ2v) is 9.18. The molecule has 2 aliphatic carbocycles. The maximum Gasteiger partial charge on any atom is 0.233 e. The Kier molecular flexibility index (Phi) is 6.11. The van der Waals surface area contributed by atoms with Crippen molar-refractivity contribution in [2.75, 3.05) is 0 Å². The minimum Gasteiger partial charge on any atom is -0.484 e. The number of carbonyl (C=O) groups is 1. The average molecular weight is 421 g/mol. The molecule has 0 bridgehead atoms. The van der Waals surface area contributed by atoms with Crippen molar-refractivity contribution in [1.82, 2.24) is 20.1 Å². The van der Waals surface area contributed by atoms with Crippen LogP contribution in [0, 0.1) is 0 Å². The van der Waals surface area contributed by atoms with Gasteiger partial charge in [0.25, 0.3) is 0 Å². The summed E-state index contributed by atoms with van der Waals surface area (Å²) in [6.45, 7) is 2.23. The second-order valence-electron chi connectivity index (χ2n) is 7.47. The number of hydrogen-bond acceptors (Lipinski definition) is 5. The number of hydrogen-bond donors (Lipinski definition) is 1. The van der Waals surface area contributed by atoms with Crippen LogP contribution >= 0.6 is 23.4 Å². The van der Waals surface area contributed by atoms with E-state index in [2.05, 4.69) is 20.1 Å². The lowest BCUT2D eigenvalue weighted by molar-refractivity contribution is -0.120. The predicted molar refractivity (Wildman–Crippen MR) is 110 cm³/mol. The van der Waals surface area contributed by atoms with Gasteiger partial charge in [-0.3, -0.25) is 9.36 Å². The molecule has 1 N–H and O–H groups in total. The van der Waals surface area contributed by atoms with Gasteiger partial charge in [0.05, 0.1) is 10.3 Å². The summed E-state index contributed by atoms with van der Waals surface area (Å²) in [6.07, 6.45) is 6.80. The number of nitrogens with one attached hydrogen (secondary N) is 1. The Labute approximate surface area is 174 Å². The zero-order valence-corrected chi connectivity index (χ0v) is 17.5. The molecule has 1 aromatic heterocycles. The van der Waals surface area contributed by atoms with E-state index in [9.17, 15) is 4.79 Å². The van der Waals surface area contributed by atoms with Gasteiger partial charge in [0.2, 0.25) is 5.91 Å². The average Bonchev–Trinajstić information content (AvgIpc) is 3.24. The molecule has 8 heteroatoms. The molecule has 1 aromatic carbocycles. The number of rotatable bonds is 8. The maximum absolute atomic E-state index is 12.5. The fourth-order valence-corrected chi connectivity index (χ4v) is 4.63. The Morgan fingerprint density at radius 2 is 2.04 bits per heavy atom. The predicted octanol–water partition coefficient (Wildman–Crippen LogP) is 4.38. The standard InChI is InChI=1S/C20H25ClN4O2S/c1-13(19(26)22-14-6-2-3-7-14)28-20-24-23-18(25(20)15-10-11-15)12-27-17-9-5-4-8-16(17)21/h4-5,8-9,13-15H,2-3,6-7,10-12H2,1H3,(H,22,26)/t13-/m0/s1. The molecule has 2 aliphatic rings. The lowest BCUT2D eigenvalue weighted by atomic mass is 10.2. The van der Waals surface area contributed by atoms with Crippen LogP contribution < -0.4 is 10.1 Å². The van der Waals surface area contributed by atoms with Gasteiger partial charge in [-0.2, -0.15) is 0 Å². The van der Waals surface area contributed by atoms with E-state index < -0.39 is 0 Å². The number of para-hydroxylation sites is 1. The smallest absolute Gasteiger partial charge is 0.233 e. The number of thioether (sulfide) groups is 1. The topological polar surface area (TPSA) is 69.0 Å². The first-order valence-electron chi connectivity index (χ1n) is 9.90. The van der Waals surface area contributed by atoms with Crippen LogP contribution in [0.5, 0.6) is 5.75 Å². The molecule has 0 aliphatic heterocycles. The normalized spacial score (nSPS) is 18.2. The third-order valence-electron chi connectivity index (χ3n) is 5.19. The molecule has 2 aromatic rings. The molecule has 1 atom stereocenters. The van der Waals surface area contributed by atoms with Crippen molar-refractivity contribution >= 4 is 29.3 Å². The fraction of sp³-hybridized carbons (Fsp3) is 0.550. The van der Waals surface area contributed by atoms with Crippen molar-refractivity contribution in [3.05, 3.63) is 35.1 Å². The van der Waals surface area contributed by atoms with E-state index in [4.69, 9.17) is 16.3 Å². The summed E-state index contributed by atoms with van der Waals surface area (Å²) < 4.78 is 7.98. The van der Waals surface area contributed by atoms with Crippen molar-refractivity contribution in [2.24, 2.45) is 0 Å². The van der Waals surface area contributed by atoms with Crippen LogP contribution in [0.3, 0.4) is 0 Å². The molecule has 150 valence electrons. The highest BCUT2D eigenvalue weighted by Crippen LogP contribution is 2.40. The van der Waals surface area contributed by atoms with E-state index in [1.165, 1.54) is 24.6 Å². The van der Waals surface area contributed by atoms with Crippen LogP contribution in [0.2, 0.25) is 5.02 Å². The fourth-order valence-electron chi connectivity index (χ4n) is 3.49. The van der Waals surface area contributed by atoms with E-state index in [0.717, 1.165) is 36.7 Å². The van der Waals surface area contributed by atoms with Gasteiger partial charge >= 0.3 is 0 Å². The molecule has 4 rings (SSSR count). The Balaban J connectivity index is 1.41. The molecule has 28 heavy (non-hydrogen) atoms. The van der Waals surface area contributed by atoms with E-state index >= 15 is 0 Å². The number of nitrogens with zero attached hydrogens (tertiary/aromatic N) is 3. The molecule has 0 spiro atoms. The van der Waals surface area contributed by atoms with E-state index in [1.807, 2.05) is 25.1 Å². The van der Waals surface area contributed by atoms with Crippen LogP contribution in [0.4, 0.5) is 0 Å². The van der Waals surface area contributed by atoms with Crippen molar-refractivity contribution in [3.8, 4) is 5.75 Å². The van der Waals surface area contributed by atoms with Gasteiger partial charge in [-0.15, -0.1) is 10.2 Å². The Morgan fingerprint density at radius 3 is 2.75 bits per heavy atom. The van der Waals surface area contributed by atoms with E-state index in [1.54, 1.807) is 6.07 Å². The molecule has 0 radical (unpaired) electrons. The molecule has 1 amide bonds. The third-order valence-corrected chi connectivity index (χ3v) is 6.56. The van der Waals surface area contributed by atoms with Crippen molar-refractivity contribution in [3.63, 3.8) is 0 Å². The van der Waals surface area contributed by atoms with Crippen molar-refractivity contribution in [1.29, 1.82) is 0 Å². The SMILES string of the molecule is C[C@H](Sc1nnc(COc2ccccc2Cl)n1C1CC1)C(=O)NC1CCCC1. The number of amides is 1. The molecule has 0 saturated heterocycles.